The van der Waals surface area contributed by atoms with Gasteiger partial charge in [-0.05, 0) is 20.4 Å². The van der Waals surface area contributed by atoms with Gasteiger partial charge >= 0.3 is 0 Å². The first-order valence-corrected chi connectivity index (χ1v) is 5.65. The van der Waals surface area contributed by atoms with E-state index in [0.29, 0.717) is 24.7 Å². The Morgan fingerprint density at radius 1 is 1.62 bits per heavy atom. The van der Waals surface area contributed by atoms with Gasteiger partial charge in [0.15, 0.2) is 0 Å². The second-order valence-electron chi connectivity index (χ2n) is 3.69. The molecule has 1 atom stereocenters. The zero-order valence-corrected chi connectivity index (χ0v) is 11.0. The molecule has 0 aromatic rings. The highest BCUT2D eigenvalue weighted by Gasteiger charge is 2.17. The van der Waals surface area contributed by atoms with Gasteiger partial charge < -0.3 is 15.8 Å². The van der Waals surface area contributed by atoms with Crippen LogP contribution in [-0.4, -0.2) is 55.7 Å². The summed E-state index contributed by atoms with van der Waals surface area (Å²) < 4.78 is 4.89. The summed E-state index contributed by atoms with van der Waals surface area (Å²) in [4.78, 5) is 13.9. The lowest BCUT2D eigenvalue weighted by molar-refractivity contribution is -0.125. The molecule has 0 aliphatic carbocycles. The summed E-state index contributed by atoms with van der Waals surface area (Å²) in [5.41, 5.74) is 5.41. The van der Waals surface area contributed by atoms with Crippen LogP contribution in [0.25, 0.3) is 0 Å². The summed E-state index contributed by atoms with van der Waals surface area (Å²) in [6.07, 6.45) is 0.813. The molecule has 0 aliphatic heterocycles. The van der Waals surface area contributed by atoms with Crippen LogP contribution in [0, 0.1) is 0 Å². The van der Waals surface area contributed by atoms with Gasteiger partial charge in [0.25, 0.3) is 0 Å². The number of amides is 1. The fraction of sp³-hybridized carbons (Fsp3) is 0.800. The summed E-state index contributed by atoms with van der Waals surface area (Å²) in [5, 5.41) is 2.83. The van der Waals surface area contributed by atoms with Crippen LogP contribution >= 0.6 is 12.2 Å². The summed E-state index contributed by atoms with van der Waals surface area (Å²) in [6, 6.07) is -0.232. The lowest BCUT2D eigenvalue weighted by Crippen LogP contribution is -2.46. The van der Waals surface area contributed by atoms with E-state index in [-0.39, 0.29) is 11.9 Å². The van der Waals surface area contributed by atoms with E-state index in [2.05, 4.69) is 5.32 Å². The summed E-state index contributed by atoms with van der Waals surface area (Å²) in [5.74, 6) is -0.0187. The van der Waals surface area contributed by atoms with Crippen molar-refractivity contribution in [1.29, 1.82) is 0 Å². The lowest BCUT2D eigenvalue weighted by atomic mass is 10.2. The first-order valence-electron chi connectivity index (χ1n) is 5.24. The number of carbonyl (C=O) groups is 1. The minimum atomic E-state index is -0.232. The smallest absolute Gasteiger partial charge is 0.237 e. The average molecular weight is 247 g/mol. The van der Waals surface area contributed by atoms with Crippen molar-refractivity contribution in [3.63, 3.8) is 0 Å². The van der Waals surface area contributed by atoms with Crippen molar-refractivity contribution in [2.45, 2.75) is 19.4 Å². The minimum Gasteiger partial charge on any atom is -0.392 e. The molecule has 0 saturated heterocycles. The Labute approximate surface area is 102 Å². The van der Waals surface area contributed by atoms with Crippen molar-refractivity contribution in [2.24, 2.45) is 5.73 Å². The predicted octanol–water partition coefficient (Wildman–Crippen LogP) is -0.254. The third-order valence-electron chi connectivity index (χ3n) is 2.27. The van der Waals surface area contributed by atoms with E-state index in [4.69, 9.17) is 22.7 Å². The van der Waals surface area contributed by atoms with Crippen LogP contribution in [0.4, 0.5) is 0 Å². The molecule has 1 amide bonds. The van der Waals surface area contributed by atoms with Crippen LogP contribution in [0.3, 0.4) is 0 Å². The number of methoxy groups -OCH3 is 1. The number of ether oxygens (including phenoxy) is 1. The van der Waals surface area contributed by atoms with E-state index in [1.54, 1.807) is 7.11 Å². The van der Waals surface area contributed by atoms with Crippen LogP contribution < -0.4 is 11.1 Å². The van der Waals surface area contributed by atoms with Gasteiger partial charge in [-0.15, -0.1) is 0 Å². The van der Waals surface area contributed by atoms with Gasteiger partial charge in [-0.2, -0.15) is 0 Å². The zero-order chi connectivity index (χ0) is 12.6. The maximum Gasteiger partial charge on any atom is 0.237 e. The van der Waals surface area contributed by atoms with Crippen LogP contribution in [0.15, 0.2) is 0 Å². The van der Waals surface area contributed by atoms with Crippen molar-refractivity contribution in [3.8, 4) is 0 Å². The molecule has 0 fully saturated rings. The van der Waals surface area contributed by atoms with Gasteiger partial charge in [-0.1, -0.05) is 12.2 Å². The van der Waals surface area contributed by atoms with Crippen molar-refractivity contribution < 1.29 is 9.53 Å². The van der Waals surface area contributed by atoms with Gasteiger partial charge in [-0.3, -0.25) is 9.69 Å². The number of thiocarbonyl (C=S) groups is 1. The SMILES string of the molecule is COCCCNC(=O)C(C)N(C)CC(N)=S. The number of carbonyl (C=O) groups excluding carboxylic acids is 1. The molecule has 5 nitrogen and oxygen atoms in total. The third-order valence-corrected chi connectivity index (χ3v) is 2.40. The van der Waals surface area contributed by atoms with Crippen molar-refractivity contribution in [3.05, 3.63) is 0 Å². The topological polar surface area (TPSA) is 67.6 Å². The number of rotatable bonds is 8. The van der Waals surface area contributed by atoms with Gasteiger partial charge in [-0.25, -0.2) is 0 Å². The Bertz CT molecular complexity index is 236. The number of hydrogen-bond acceptors (Lipinski definition) is 4. The summed E-state index contributed by atoms with van der Waals surface area (Å²) in [6.45, 7) is 3.54. The van der Waals surface area contributed by atoms with E-state index in [1.807, 2.05) is 18.9 Å². The third kappa shape index (κ3) is 6.71. The van der Waals surface area contributed by atoms with Crippen LogP contribution in [-0.2, 0) is 9.53 Å². The Morgan fingerprint density at radius 3 is 2.75 bits per heavy atom. The molecule has 0 aliphatic rings. The van der Waals surface area contributed by atoms with Crippen molar-refractivity contribution in [2.75, 3.05) is 33.9 Å². The predicted molar refractivity (Wildman–Crippen MR) is 68.4 cm³/mol. The number of nitrogens with two attached hydrogens (primary N) is 1. The lowest BCUT2D eigenvalue weighted by Gasteiger charge is -2.23. The molecule has 0 aromatic carbocycles. The number of nitrogens with zero attached hydrogens (tertiary/aromatic N) is 1. The van der Waals surface area contributed by atoms with E-state index in [9.17, 15) is 4.79 Å². The number of hydrogen-bond donors (Lipinski definition) is 2. The molecule has 0 saturated carbocycles. The number of likely N-dealkylation sites (N-methyl/N-ethyl adjacent to an activating group) is 1. The van der Waals surface area contributed by atoms with E-state index in [0.717, 1.165) is 6.42 Å². The Kier molecular flexibility index (Phi) is 8.05. The molecule has 0 spiro atoms. The van der Waals surface area contributed by atoms with Gasteiger partial charge in [0.1, 0.15) is 0 Å². The zero-order valence-electron chi connectivity index (χ0n) is 10.2. The van der Waals surface area contributed by atoms with Crippen molar-refractivity contribution >= 4 is 23.1 Å². The second-order valence-corrected chi connectivity index (χ2v) is 4.22. The molecule has 0 aromatic heterocycles. The van der Waals surface area contributed by atoms with Gasteiger partial charge in [0.05, 0.1) is 11.0 Å². The van der Waals surface area contributed by atoms with Crippen LogP contribution in [0.1, 0.15) is 13.3 Å². The minimum absolute atomic E-state index is 0.0187. The van der Waals surface area contributed by atoms with Gasteiger partial charge in [0.2, 0.25) is 5.91 Å². The largest absolute Gasteiger partial charge is 0.392 e. The fourth-order valence-electron chi connectivity index (χ4n) is 1.16. The molecule has 3 N–H and O–H groups in total. The fourth-order valence-corrected chi connectivity index (χ4v) is 1.36. The van der Waals surface area contributed by atoms with Gasteiger partial charge in [0, 0.05) is 26.8 Å². The molecule has 6 heteroatoms. The Balaban J connectivity index is 3.84. The normalized spacial score (nSPS) is 12.5. The molecule has 0 bridgehead atoms. The van der Waals surface area contributed by atoms with Crippen LogP contribution in [0.2, 0.25) is 0 Å². The average Bonchev–Trinajstić information content (AvgIpc) is 2.22. The number of nitrogens with one attached hydrogen (secondary N) is 1. The van der Waals surface area contributed by atoms with E-state index in [1.165, 1.54) is 0 Å². The first-order chi connectivity index (χ1) is 7.49. The molecule has 0 radical (unpaired) electrons. The first kappa shape index (κ1) is 15.3. The summed E-state index contributed by atoms with van der Waals surface area (Å²) in [7, 11) is 3.46. The molecular weight excluding hydrogens is 226 g/mol. The Hall–Kier alpha value is -0.720. The monoisotopic (exact) mass is 247 g/mol. The molecule has 94 valence electrons. The van der Waals surface area contributed by atoms with Crippen LogP contribution in [0.5, 0.6) is 0 Å². The highest BCUT2D eigenvalue weighted by atomic mass is 32.1. The highest BCUT2D eigenvalue weighted by Crippen LogP contribution is 1.95. The maximum atomic E-state index is 11.7. The van der Waals surface area contributed by atoms with E-state index >= 15 is 0 Å². The molecule has 16 heavy (non-hydrogen) atoms. The molecule has 0 rings (SSSR count). The quantitative estimate of drug-likeness (QED) is 0.457. The molecular formula is C10H21N3O2S. The molecule has 1 unspecified atom stereocenters. The standard InChI is InChI=1S/C10H21N3O2S/c1-8(13(2)7-9(11)16)10(14)12-5-4-6-15-3/h8H,4-7H2,1-3H3,(H2,11,16)(H,12,14). The highest BCUT2D eigenvalue weighted by molar-refractivity contribution is 7.80. The molecule has 0 heterocycles. The van der Waals surface area contributed by atoms with E-state index < -0.39 is 0 Å². The maximum absolute atomic E-state index is 11.7. The summed E-state index contributed by atoms with van der Waals surface area (Å²) >= 11 is 4.79. The van der Waals surface area contributed by atoms with Crippen molar-refractivity contribution in [1.82, 2.24) is 10.2 Å². The Morgan fingerprint density at radius 2 is 2.25 bits per heavy atom. The second kappa shape index (κ2) is 8.43.